The Morgan fingerprint density at radius 1 is 0.381 bits per heavy atom. The first-order valence-corrected chi connectivity index (χ1v) is 22.3. The summed E-state index contributed by atoms with van der Waals surface area (Å²) in [6.07, 6.45) is 0. The highest BCUT2D eigenvalue weighted by atomic mass is 14.9. The van der Waals surface area contributed by atoms with Gasteiger partial charge in [0.2, 0.25) is 0 Å². The van der Waals surface area contributed by atoms with Crippen LogP contribution in [0.2, 0.25) is 0 Å². The van der Waals surface area contributed by atoms with Crippen LogP contribution in [-0.2, 0) is 16.2 Å². The summed E-state index contributed by atoms with van der Waals surface area (Å²) in [6.45, 7) is 13.6. The topological polar surface area (TPSA) is 24.1 Å². The van der Waals surface area contributed by atoms with Crippen molar-refractivity contribution in [2.24, 2.45) is 0 Å². The molecule has 0 aromatic heterocycles. The lowest BCUT2D eigenvalue weighted by Crippen LogP contribution is -2.28. The number of anilines is 4. The van der Waals surface area contributed by atoms with E-state index in [0.717, 1.165) is 22.7 Å². The zero-order chi connectivity index (χ0) is 43.1. The van der Waals surface area contributed by atoms with E-state index in [1.54, 1.807) is 0 Å². The van der Waals surface area contributed by atoms with Gasteiger partial charge in [0.25, 0.3) is 0 Å². The molecule has 2 nitrogen and oxygen atoms in total. The predicted molar refractivity (Wildman–Crippen MR) is 270 cm³/mol. The molecule has 10 aromatic rings. The highest BCUT2D eigenvalue weighted by Crippen LogP contribution is 2.56. The van der Waals surface area contributed by atoms with Crippen LogP contribution < -0.4 is 10.6 Å². The van der Waals surface area contributed by atoms with E-state index in [-0.39, 0.29) is 10.8 Å². The normalized spacial score (nSPS) is 13.4. The SMILES string of the molecule is CC(C)(C)c1ccc(Nc2ccc3ccc4c(Nc5ccc(C(C)(C)C)cc5)c(-c5ccc(C6(c7ccccc7)c7ccccc7-c7ccccc76)cc5)cc5ccc2c3c54)cc1. The molecule has 1 aliphatic rings. The minimum Gasteiger partial charge on any atom is -0.355 e. The van der Waals surface area contributed by atoms with Gasteiger partial charge in [-0.2, -0.15) is 0 Å². The summed E-state index contributed by atoms with van der Waals surface area (Å²) < 4.78 is 0. The summed E-state index contributed by atoms with van der Waals surface area (Å²) in [5.74, 6) is 0. The lowest BCUT2D eigenvalue weighted by molar-refractivity contribution is 0.590. The molecule has 0 heterocycles. The first-order chi connectivity index (χ1) is 30.5. The number of fused-ring (bicyclic) bond motifs is 3. The summed E-state index contributed by atoms with van der Waals surface area (Å²) in [4.78, 5) is 0. The summed E-state index contributed by atoms with van der Waals surface area (Å²) in [7, 11) is 0. The molecule has 2 N–H and O–H groups in total. The number of rotatable bonds is 7. The van der Waals surface area contributed by atoms with E-state index in [4.69, 9.17) is 0 Å². The van der Waals surface area contributed by atoms with Crippen LogP contribution in [0.15, 0.2) is 194 Å². The highest BCUT2D eigenvalue weighted by molar-refractivity contribution is 6.29. The Balaban J connectivity index is 1.09. The molecular formula is C61H52N2. The predicted octanol–water partition coefficient (Wildman–Crippen LogP) is 16.7. The maximum absolute atomic E-state index is 3.99. The van der Waals surface area contributed by atoms with Crippen LogP contribution in [0.3, 0.4) is 0 Å². The van der Waals surface area contributed by atoms with E-state index >= 15 is 0 Å². The van der Waals surface area contributed by atoms with Crippen molar-refractivity contribution in [2.45, 2.75) is 57.8 Å². The second-order valence-corrected chi connectivity index (χ2v) is 19.5. The van der Waals surface area contributed by atoms with Crippen LogP contribution in [0.5, 0.6) is 0 Å². The molecule has 0 unspecified atom stereocenters. The second kappa shape index (κ2) is 14.5. The fourth-order valence-corrected chi connectivity index (χ4v) is 10.4. The third-order valence-electron chi connectivity index (χ3n) is 13.6. The summed E-state index contributed by atoms with van der Waals surface area (Å²) in [5, 5.41) is 15.2. The van der Waals surface area contributed by atoms with Crippen molar-refractivity contribution >= 4 is 55.1 Å². The first-order valence-electron chi connectivity index (χ1n) is 22.3. The van der Waals surface area contributed by atoms with Crippen molar-refractivity contribution in [3.05, 3.63) is 228 Å². The van der Waals surface area contributed by atoms with E-state index < -0.39 is 5.41 Å². The zero-order valence-electron chi connectivity index (χ0n) is 37.0. The molecule has 63 heavy (non-hydrogen) atoms. The molecule has 0 saturated carbocycles. The summed E-state index contributed by atoms with van der Waals surface area (Å²) in [6, 6.07) is 72.4. The molecule has 11 rings (SSSR count). The molecule has 2 heteroatoms. The first kappa shape index (κ1) is 38.7. The molecule has 1 aliphatic carbocycles. The Hall–Kier alpha value is -7.16. The molecule has 0 fully saturated rings. The second-order valence-electron chi connectivity index (χ2n) is 19.5. The average Bonchev–Trinajstić information content (AvgIpc) is 3.60. The largest absolute Gasteiger partial charge is 0.355 e. The van der Waals surface area contributed by atoms with Gasteiger partial charge in [-0.3, -0.25) is 0 Å². The molecular weight excluding hydrogens is 761 g/mol. The molecule has 0 bridgehead atoms. The Kier molecular flexibility index (Phi) is 8.89. The number of nitrogens with one attached hydrogen (secondary N) is 2. The maximum atomic E-state index is 3.99. The summed E-state index contributed by atoms with van der Waals surface area (Å²) in [5.41, 5.74) is 16.9. The minimum atomic E-state index is -0.448. The molecule has 0 amide bonds. The van der Waals surface area contributed by atoms with Crippen molar-refractivity contribution in [2.75, 3.05) is 10.6 Å². The average molecular weight is 813 g/mol. The minimum absolute atomic E-state index is 0.0657. The van der Waals surface area contributed by atoms with Crippen LogP contribution in [0, 0.1) is 0 Å². The zero-order valence-corrected chi connectivity index (χ0v) is 37.0. The molecule has 0 aliphatic heterocycles. The monoisotopic (exact) mass is 812 g/mol. The van der Waals surface area contributed by atoms with Gasteiger partial charge < -0.3 is 10.6 Å². The Bertz CT molecular complexity index is 3260. The van der Waals surface area contributed by atoms with Gasteiger partial charge in [0.1, 0.15) is 0 Å². The van der Waals surface area contributed by atoms with Crippen molar-refractivity contribution in [1.29, 1.82) is 0 Å². The van der Waals surface area contributed by atoms with Crippen LogP contribution >= 0.6 is 0 Å². The fourth-order valence-electron chi connectivity index (χ4n) is 10.4. The quantitative estimate of drug-likeness (QED) is 0.157. The molecule has 10 aromatic carbocycles. The smallest absolute Gasteiger partial charge is 0.0713 e. The summed E-state index contributed by atoms with van der Waals surface area (Å²) >= 11 is 0. The van der Waals surface area contributed by atoms with E-state index in [0.29, 0.717) is 0 Å². The molecule has 0 atom stereocenters. The van der Waals surface area contributed by atoms with Gasteiger partial charge in [-0.25, -0.2) is 0 Å². The third-order valence-corrected chi connectivity index (χ3v) is 13.6. The van der Waals surface area contributed by atoms with Crippen LogP contribution in [0.1, 0.15) is 74.9 Å². The van der Waals surface area contributed by atoms with Gasteiger partial charge in [-0.05, 0) is 119 Å². The molecule has 0 spiro atoms. The van der Waals surface area contributed by atoms with Crippen LogP contribution in [0.4, 0.5) is 22.7 Å². The van der Waals surface area contributed by atoms with Gasteiger partial charge in [0.05, 0.1) is 11.1 Å². The standard InChI is InChI=1S/C61H52N2/c1-59(2,3)42-27-31-46(32-28-42)62-55-37-24-40-22-36-51-57-41(23-35-50(55)56(40)57)38-52(58(51)63-47-33-29-43(30-34-47)60(4,5)6)39-20-25-45(26-21-39)61(44-14-8-7-9-15-44)53-18-12-10-16-48(53)49-17-11-13-19-54(49)61/h7-38,62-63H,1-6H3. The van der Waals surface area contributed by atoms with E-state index in [2.05, 4.69) is 246 Å². The van der Waals surface area contributed by atoms with Crippen LogP contribution in [0.25, 0.3) is 54.6 Å². The Labute approximate surface area is 371 Å². The van der Waals surface area contributed by atoms with Crippen LogP contribution in [-0.4, -0.2) is 0 Å². The van der Waals surface area contributed by atoms with Gasteiger partial charge in [-0.1, -0.05) is 199 Å². The highest BCUT2D eigenvalue weighted by Gasteiger charge is 2.45. The van der Waals surface area contributed by atoms with E-state index in [9.17, 15) is 0 Å². The van der Waals surface area contributed by atoms with Crippen molar-refractivity contribution < 1.29 is 0 Å². The van der Waals surface area contributed by atoms with Crippen molar-refractivity contribution in [3.63, 3.8) is 0 Å². The van der Waals surface area contributed by atoms with E-state index in [1.807, 2.05) is 0 Å². The van der Waals surface area contributed by atoms with Gasteiger partial charge >= 0.3 is 0 Å². The van der Waals surface area contributed by atoms with Crippen molar-refractivity contribution in [3.8, 4) is 22.3 Å². The molecule has 0 saturated heterocycles. The van der Waals surface area contributed by atoms with E-state index in [1.165, 1.54) is 88.0 Å². The Morgan fingerprint density at radius 3 is 1.48 bits per heavy atom. The molecule has 306 valence electrons. The Morgan fingerprint density at radius 2 is 0.873 bits per heavy atom. The van der Waals surface area contributed by atoms with Gasteiger partial charge in [-0.15, -0.1) is 0 Å². The van der Waals surface area contributed by atoms with Gasteiger partial charge in [0.15, 0.2) is 0 Å². The van der Waals surface area contributed by atoms with Crippen molar-refractivity contribution in [1.82, 2.24) is 0 Å². The maximum Gasteiger partial charge on any atom is 0.0713 e. The lowest BCUT2D eigenvalue weighted by atomic mass is 9.67. The number of benzene rings is 10. The third kappa shape index (κ3) is 6.30. The molecule has 0 radical (unpaired) electrons. The number of hydrogen-bond acceptors (Lipinski definition) is 2. The number of hydrogen-bond donors (Lipinski definition) is 2. The fraction of sp³-hybridized carbons (Fsp3) is 0.148. The van der Waals surface area contributed by atoms with Gasteiger partial charge in [0, 0.05) is 33.4 Å². The lowest BCUT2D eigenvalue weighted by Gasteiger charge is -2.34.